The van der Waals surface area contributed by atoms with Crippen molar-refractivity contribution in [3.63, 3.8) is 0 Å². The van der Waals surface area contributed by atoms with Gasteiger partial charge >= 0.3 is 6.18 Å². The molecule has 254 valence electrons. The van der Waals surface area contributed by atoms with Gasteiger partial charge in [0.2, 0.25) is 5.91 Å². The number of nitrogens with zero attached hydrogens (tertiary/aromatic N) is 4. The number of halogens is 4. The molecule has 1 amide bonds. The summed E-state index contributed by atoms with van der Waals surface area (Å²) in [7, 11) is 0. The third kappa shape index (κ3) is 8.73. The largest absolute Gasteiger partial charge is 0.416 e. The summed E-state index contributed by atoms with van der Waals surface area (Å²) >= 11 is 0.121. The minimum atomic E-state index is -5.37. The molecule has 0 saturated heterocycles. The second kappa shape index (κ2) is 15.5. The van der Waals surface area contributed by atoms with E-state index in [1.54, 1.807) is 18.7 Å². The van der Waals surface area contributed by atoms with Gasteiger partial charge in [-0.2, -0.15) is 18.2 Å². The van der Waals surface area contributed by atoms with Crippen molar-refractivity contribution in [2.24, 2.45) is 5.89 Å². The van der Waals surface area contributed by atoms with Gasteiger partial charge in [0.05, 0.1) is 19.3 Å². The lowest BCUT2D eigenvalue weighted by atomic mass is 10.0. The fraction of sp³-hybridized carbons (Fsp3) is 0.378. The van der Waals surface area contributed by atoms with Crippen molar-refractivity contribution < 1.29 is 45.7 Å². The lowest BCUT2D eigenvalue weighted by molar-refractivity contribution is -0.137. The van der Waals surface area contributed by atoms with E-state index in [0.717, 1.165) is 31.2 Å². The molecule has 0 bridgehead atoms. The number of rotatable bonds is 13. The van der Waals surface area contributed by atoms with Crippen molar-refractivity contribution in [3.8, 4) is 11.1 Å². The third-order valence-corrected chi connectivity index (χ3v) is 7.86. The molecule has 11 heteroatoms. The van der Waals surface area contributed by atoms with E-state index in [9.17, 15) is 29.9 Å². The van der Waals surface area contributed by atoms with Gasteiger partial charge in [0, 0.05) is 46.1 Å². The molecule has 1 aliphatic rings. The van der Waals surface area contributed by atoms with Crippen molar-refractivity contribution in [1.82, 2.24) is 19.4 Å². The van der Waals surface area contributed by atoms with E-state index >= 15 is 0 Å². The highest BCUT2D eigenvalue weighted by molar-refractivity contribution is 7.98. The van der Waals surface area contributed by atoms with Gasteiger partial charge in [-0.05, 0) is 78.2 Å². The fourth-order valence-electron chi connectivity index (χ4n) is 4.47. The van der Waals surface area contributed by atoms with Gasteiger partial charge in [-0.15, -0.1) is 0 Å². The van der Waals surface area contributed by atoms with Gasteiger partial charge in [-0.1, -0.05) is 80.9 Å². The number of carbonyl (C=O) groups is 1. The predicted octanol–water partition coefficient (Wildman–Crippen LogP) is 7.47. The van der Waals surface area contributed by atoms with Crippen LogP contribution in [-0.2, 0) is 42.5 Å². The Morgan fingerprint density at radius 1 is 1.02 bits per heavy atom. The van der Waals surface area contributed by atoms with Gasteiger partial charge < -0.3 is 14.4 Å². The Morgan fingerprint density at radius 2 is 1.65 bits per heavy atom. The Kier molecular flexibility index (Phi) is 6.23. The van der Waals surface area contributed by atoms with E-state index in [0.29, 0.717) is 22.6 Å². The molecule has 5 rings (SSSR count). The lowest BCUT2D eigenvalue weighted by Gasteiger charge is -2.28. The number of amides is 1. The van der Waals surface area contributed by atoms with Crippen LogP contribution in [0.25, 0.3) is 11.1 Å². The Hall–Kier alpha value is -3.96. The number of hydrogen-bond donors (Lipinski definition) is 0. The van der Waals surface area contributed by atoms with Crippen LogP contribution >= 0.6 is 11.8 Å². The molecular formula is C37H40F4N4O2S. The van der Waals surface area contributed by atoms with Crippen LogP contribution in [0.5, 0.6) is 0 Å². The number of aromatic nitrogens is 2. The van der Waals surface area contributed by atoms with E-state index in [1.807, 2.05) is 0 Å². The van der Waals surface area contributed by atoms with Gasteiger partial charge in [0.25, 0.3) is 5.56 Å². The summed E-state index contributed by atoms with van der Waals surface area (Å²) in [5.41, 5.74) is -11.4. The SMILES string of the molecule is [2H]c1c([2H])c(C(F)(F)F)c([2H])c([2H])c1-c1c([2H])c([2H])c(C([2H])([2H])N(CCN(CC)CC)C(=O)Cn2c(SC([2H])([2H])c3ccc(F)cc3)nc(=O)c3c2C([2H])([2H])C([2H])(C)C3([2H])[2H])c([2H])c1[2H]. The summed E-state index contributed by atoms with van der Waals surface area (Å²) in [5.74, 6) is -4.91. The van der Waals surface area contributed by atoms with Crippen molar-refractivity contribution in [3.05, 3.63) is 117 Å². The minimum absolute atomic E-state index is 0.121. The molecule has 1 unspecified atom stereocenters. The second-order valence-electron chi connectivity index (χ2n) is 10.3. The topological polar surface area (TPSA) is 58.4 Å². The molecule has 6 nitrogen and oxygen atoms in total. The predicted molar refractivity (Wildman–Crippen MR) is 181 cm³/mol. The average Bonchev–Trinajstić information content (AvgIpc) is 3.30. The molecule has 0 radical (unpaired) electrons. The first-order valence-electron chi connectivity index (χ1n) is 23.1. The Bertz CT molecular complexity index is 2570. The van der Waals surface area contributed by atoms with Crippen molar-refractivity contribution >= 4 is 17.7 Å². The van der Waals surface area contributed by atoms with Crippen LogP contribution in [0.4, 0.5) is 17.6 Å². The molecule has 3 aromatic carbocycles. The second-order valence-corrected chi connectivity index (χ2v) is 11.1. The number of alkyl halides is 3. The molecule has 1 atom stereocenters. The first kappa shape index (κ1) is 19.3. The van der Waals surface area contributed by atoms with Gasteiger partial charge in [-0.25, -0.2) is 4.39 Å². The Balaban J connectivity index is 1.77. The lowest BCUT2D eigenvalue weighted by Crippen LogP contribution is -2.40. The van der Waals surface area contributed by atoms with Crippen LogP contribution in [0.15, 0.2) is 82.6 Å². The Labute approximate surface area is 306 Å². The number of benzene rings is 3. The first-order chi connectivity index (χ1) is 29.7. The summed E-state index contributed by atoms with van der Waals surface area (Å²) < 4.78 is 204. The molecule has 0 fully saturated rings. The van der Waals surface area contributed by atoms with Crippen molar-refractivity contribution in [2.75, 3.05) is 26.2 Å². The summed E-state index contributed by atoms with van der Waals surface area (Å²) in [5, 5.41) is -0.761. The smallest absolute Gasteiger partial charge is 0.336 e. The van der Waals surface area contributed by atoms with Gasteiger partial charge in [-0.3, -0.25) is 9.59 Å². The summed E-state index contributed by atoms with van der Waals surface area (Å²) in [6.45, 7) is -0.534. The zero-order valence-corrected chi connectivity index (χ0v) is 26.7. The number of carbonyl (C=O) groups excluding carboxylic acids is 1. The summed E-state index contributed by atoms with van der Waals surface area (Å²) in [6, 6.07) is -6.97. The first-order valence-corrected chi connectivity index (χ1v) is 15.4. The molecular weight excluding hydrogens is 640 g/mol. The normalized spacial score (nSPS) is 23.7. The maximum atomic E-state index is 14.9. The average molecular weight is 698 g/mol. The number of hydrogen-bond acceptors (Lipinski definition) is 5. The highest BCUT2D eigenvalue weighted by atomic mass is 32.2. The van der Waals surface area contributed by atoms with E-state index in [1.165, 1.54) is 0 Å². The third-order valence-electron chi connectivity index (χ3n) is 7.03. The fourth-order valence-corrected chi connectivity index (χ4v) is 5.21. The van der Waals surface area contributed by atoms with E-state index < -0.39 is 154 Å². The highest BCUT2D eigenvalue weighted by Gasteiger charge is 2.30. The van der Waals surface area contributed by atoms with Crippen LogP contribution in [-0.4, -0.2) is 51.4 Å². The maximum Gasteiger partial charge on any atom is 0.416 e. The molecule has 0 aliphatic heterocycles. The monoisotopic (exact) mass is 697 g/mol. The molecule has 0 N–H and O–H groups in total. The van der Waals surface area contributed by atoms with E-state index in [4.69, 9.17) is 20.6 Å². The van der Waals surface area contributed by atoms with Gasteiger partial charge in [0.15, 0.2) is 5.16 Å². The number of thioether (sulfide) groups is 1. The van der Waals surface area contributed by atoms with Gasteiger partial charge in [0.1, 0.15) is 12.4 Å². The summed E-state index contributed by atoms with van der Waals surface area (Å²) in [6.07, 6.45) is -11.6. The highest BCUT2D eigenvalue weighted by Crippen LogP contribution is 2.32. The minimum Gasteiger partial charge on any atom is -0.336 e. The standard InChI is InChI=1S/C37H40F4N4O2S/c1-4-43(5-2)18-19-44(22-26-6-10-28(11-7-26)29-12-14-30(15-13-29)37(39,40)41)34(46)23-45-33-21-25(3)20-32(33)35(47)42-36(45)48-24-27-8-16-31(38)17-9-27/h6-17,25H,4-5,18-24H2,1-3H3/i6D,7D,10D,11D,12D,13D,14D,15D,20D2,21D2,22D2,24D2,25D. The molecule has 1 aliphatic carbocycles. The molecule has 48 heavy (non-hydrogen) atoms. The molecule has 1 heterocycles. The summed E-state index contributed by atoms with van der Waals surface area (Å²) in [4.78, 5) is 34.4. The van der Waals surface area contributed by atoms with Crippen LogP contribution in [0.1, 0.15) is 72.0 Å². The van der Waals surface area contributed by atoms with Crippen LogP contribution in [0.2, 0.25) is 0 Å². The Morgan fingerprint density at radius 3 is 2.25 bits per heavy atom. The van der Waals surface area contributed by atoms with E-state index in [2.05, 4.69) is 4.98 Å². The number of fused-ring (bicyclic) bond motifs is 1. The van der Waals surface area contributed by atoms with Crippen LogP contribution in [0.3, 0.4) is 0 Å². The molecule has 0 saturated carbocycles. The van der Waals surface area contributed by atoms with E-state index in [-0.39, 0.29) is 23.9 Å². The molecule has 1 aromatic heterocycles. The van der Waals surface area contributed by atoms with Crippen molar-refractivity contribution in [2.45, 2.75) is 63.6 Å². The maximum absolute atomic E-state index is 14.9. The number of likely N-dealkylation sites (N-methyl/N-ethyl adjacent to an activating group) is 1. The zero-order chi connectivity index (χ0) is 49.5. The molecule has 0 spiro atoms. The van der Waals surface area contributed by atoms with Crippen molar-refractivity contribution in [1.29, 1.82) is 0 Å². The molecule has 4 aromatic rings. The quantitative estimate of drug-likeness (QED) is 0.0825. The van der Waals surface area contributed by atoms with Crippen LogP contribution in [0, 0.1) is 11.7 Å². The zero-order valence-electron chi connectivity index (χ0n) is 42.9. The van der Waals surface area contributed by atoms with Crippen LogP contribution < -0.4 is 5.56 Å².